The Morgan fingerprint density at radius 3 is 3.00 bits per heavy atom. The number of aliphatic hydroxyl groups excluding tert-OH is 1. The molecule has 1 aromatic rings. The maximum absolute atomic E-state index is 12.1. The number of amides is 1. The number of piperazine rings is 1. The first-order valence-corrected chi connectivity index (χ1v) is 9.45. The number of hydrogen-bond acceptors (Lipinski definition) is 5. The lowest BCUT2D eigenvalue weighted by atomic mass is 10.1. The average Bonchev–Trinajstić information content (AvgIpc) is 3.01. The molecule has 2 unspecified atom stereocenters. The Morgan fingerprint density at radius 2 is 2.35 bits per heavy atom. The molecule has 0 aromatic carbocycles. The van der Waals surface area contributed by atoms with Crippen LogP contribution in [0, 0.1) is 0 Å². The molecule has 5 nitrogen and oxygen atoms in total. The van der Waals surface area contributed by atoms with E-state index in [1.807, 2.05) is 6.92 Å². The third-order valence-corrected chi connectivity index (χ3v) is 5.07. The van der Waals surface area contributed by atoms with Gasteiger partial charge in [0.15, 0.2) is 0 Å². The second-order valence-electron chi connectivity index (χ2n) is 6.37. The number of nitrogens with zero attached hydrogens (tertiary/aromatic N) is 2. The van der Waals surface area contributed by atoms with Crippen molar-refractivity contribution in [1.29, 1.82) is 0 Å². The van der Waals surface area contributed by atoms with Gasteiger partial charge in [0, 0.05) is 38.8 Å². The summed E-state index contributed by atoms with van der Waals surface area (Å²) in [4.78, 5) is 16.7. The Balaban J connectivity index is 1.69. The summed E-state index contributed by atoms with van der Waals surface area (Å²) in [5, 5.41) is 16.8. The van der Waals surface area contributed by atoms with Crippen molar-refractivity contribution >= 4 is 17.2 Å². The monoisotopic (exact) mass is 339 g/mol. The van der Waals surface area contributed by atoms with Crippen LogP contribution in [0.1, 0.15) is 25.8 Å². The molecule has 0 saturated carbocycles. The normalized spacial score (nSPS) is 21.3. The third-order valence-electron chi connectivity index (χ3n) is 4.34. The number of thiophene rings is 1. The Bertz CT molecular complexity index is 464. The van der Waals surface area contributed by atoms with Crippen LogP contribution >= 0.6 is 11.3 Å². The zero-order valence-corrected chi connectivity index (χ0v) is 15.0. The quantitative estimate of drug-likeness (QED) is 0.747. The Kier molecular flexibility index (Phi) is 7.49. The predicted octanol–water partition coefficient (Wildman–Crippen LogP) is 1.18. The van der Waals surface area contributed by atoms with Gasteiger partial charge in [0.05, 0.1) is 12.6 Å². The fourth-order valence-corrected chi connectivity index (χ4v) is 3.81. The highest BCUT2D eigenvalue weighted by molar-refractivity contribution is 7.07. The molecule has 1 aromatic heterocycles. The van der Waals surface area contributed by atoms with Crippen molar-refractivity contribution in [3.63, 3.8) is 0 Å². The Hall–Kier alpha value is -0.950. The molecule has 6 heteroatoms. The lowest BCUT2D eigenvalue weighted by Gasteiger charge is -2.41. The number of carbonyl (C=O) groups excluding carboxylic acids is 1. The first-order chi connectivity index (χ1) is 11.1. The van der Waals surface area contributed by atoms with Crippen LogP contribution in [0.5, 0.6) is 0 Å². The van der Waals surface area contributed by atoms with E-state index in [9.17, 15) is 9.90 Å². The third kappa shape index (κ3) is 6.22. The summed E-state index contributed by atoms with van der Waals surface area (Å²) in [7, 11) is 0. The van der Waals surface area contributed by atoms with Gasteiger partial charge in [0.1, 0.15) is 0 Å². The molecule has 0 spiro atoms. The SMILES string of the molecule is CCC1CN(CC(=O)NCCc2ccsc2)CCN1CC(C)O. The molecule has 1 amide bonds. The first kappa shape index (κ1) is 18.4. The van der Waals surface area contributed by atoms with Crippen LogP contribution in [0.4, 0.5) is 0 Å². The van der Waals surface area contributed by atoms with Crippen LogP contribution in [-0.2, 0) is 11.2 Å². The van der Waals surface area contributed by atoms with E-state index in [1.165, 1.54) is 5.56 Å². The van der Waals surface area contributed by atoms with E-state index in [0.29, 0.717) is 19.1 Å². The minimum absolute atomic E-state index is 0.110. The largest absolute Gasteiger partial charge is 0.392 e. The summed E-state index contributed by atoms with van der Waals surface area (Å²) >= 11 is 1.69. The van der Waals surface area contributed by atoms with E-state index in [0.717, 1.165) is 39.0 Å². The molecule has 1 aliphatic rings. The van der Waals surface area contributed by atoms with Gasteiger partial charge in [-0.15, -0.1) is 0 Å². The van der Waals surface area contributed by atoms with Gasteiger partial charge in [-0.25, -0.2) is 0 Å². The van der Waals surface area contributed by atoms with Crippen molar-refractivity contribution in [2.24, 2.45) is 0 Å². The van der Waals surface area contributed by atoms with Crippen LogP contribution in [0.15, 0.2) is 16.8 Å². The van der Waals surface area contributed by atoms with Gasteiger partial charge in [-0.05, 0) is 42.2 Å². The highest BCUT2D eigenvalue weighted by Gasteiger charge is 2.27. The summed E-state index contributed by atoms with van der Waals surface area (Å²) in [6.07, 6.45) is 1.65. The fraction of sp³-hybridized carbons (Fsp3) is 0.706. The van der Waals surface area contributed by atoms with Gasteiger partial charge in [-0.3, -0.25) is 14.6 Å². The van der Waals surface area contributed by atoms with Crippen LogP contribution in [-0.4, -0.2) is 72.2 Å². The van der Waals surface area contributed by atoms with Gasteiger partial charge in [0.25, 0.3) is 0 Å². The van der Waals surface area contributed by atoms with E-state index in [-0.39, 0.29) is 12.0 Å². The lowest BCUT2D eigenvalue weighted by Crippen LogP contribution is -2.56. The molecule has 2 heterocycles. The summed E-state index contributed by atoms with van der Waals surface area (Å²) in [6.45, 7) is 8.62. The van der Waals surface area contributed by atoms with Crippen molar-refractivity contribution in [3.05, 3.63) is 22.4 Å². The second-order valence-corrected chi connectivity index (χ2v) is 7.15. The molecule has 1 saturated heterocycles. The van der Waals surface area contributed by atoms with E-state index in [2.05, 4.69) is 38.9 Å². The first-order valence-electron chi connectivity index (χ1n) is 8.50. The topological polar surface area (TPSA) is 55.8 Å². The van der Waals surface area contributed by atoms with E-state index < -0.39 is 0 Å². The van der Waals surface area contributed by atoms with Crippen LogP contribution < -0.4 is 5.32 Å². The minimum atomic E-state index is -0.295. The molecule has 0 aliphatic carbocycles. The highest BCUT2D eigenvalue weighted by atomic mass is 32.1. The molecule has 130 valence electrons. The van der Waals surface area contributed by atoms with Crippen molar-refractivity contribution in [3.8, 4) is 0 Å². The molecule has 2 atom stereocenters. The lowest BCUT2D eigenvalue weighted by molar-refractivity contribution is -0.123. The number of nitrogens with one attached hydrogen (secondary N) is 1. The van der Waals surface area contributed by atoms with E-state index >= 15 is 0 Å². The van der Waals surface area contributed by atoms with Crippen molar-refractivity contribution in [1.82, 2.24) is 15.1 Å². The molecule has 1 fully saturated rings. The molecular weight excluding hydrogens is 310 g/mol. The summed E-state index contributed by atoms with van der Waals surface area (Å²) in [5.74, 6) is 0.110. The summed E-state index contributed by atoms with van der Waals surface area (Å²) < 4.78 is 0. The van der Waals surface area contributed by atoms with Crippen LogP contribution in [0.3, 0.4) is 0 Å². The van der Waals surface area contributed by atoms with Gasteiger partial charge in [0.2, 0.25) is 5.91 Å². The van der Waals surface area contributed by atoms with Gasteiger partial charge in [-0.1, -0.05) is 6.92 Å². The molecule has 2 rings (SSSR count). The fourth-order valence-electron chi connectivity index (χ4n) is 3.11. The van der Waals surface area contributed by atoms with Gasteiger partial charge < -0.3 is 10.4 Å². The highest BCUT2D eigenvalue weighted by Crippen LogP contribution is 2.13. The summed E-state index contributed by atoms with van der Waals surface area (Å²) in [5.41, 5.74) is 1.29. The number of β-amino-alcohol motifs (C(OH)–C–C–N with tert-alkyl or cyclic N) is 1. The molecule has 0 bridgehead atoms. The van der Waals surface area contributed by atoms with E-state index in [1.54, 1.807) is 11.3 Å². The Morgan fingerprint density at radius 1 is 1.52 bits per heavy atom. The average molecular weight is 340 g/mol. The van der Waals surface area contributed by atoms with Crippen molar-refractivity contribution in [2.75, 3.05) is 39.3 Å². The number of hydrogen-bond donors (Lipinski definition) is 2. The van der Waals surface area contributed by atoms with Gasteiger partial charge >= 0.3 is 0 Å². The molecule has 2 N–H and O–H groups in total. The molecule has 0 radical (unpaired) electrons. The second kappa shape index (κ2) is 9.37. The zero-order chi connectivity index (χ0) is 16.7. The summed E-state index contributed by atoms with van der Waals surface area (Å²) in [6, 6.07) is 2.53. The number of rotatable bonds is 8. The van der Waals surface area contributed by atoms with Crippen molar-refractivity contribution in [2.45, 2.75) is 38.8 Å². The van der Waals surface area contributed by atoms with Gasteiger partial charge in [-0.2, -0.15) is 11.3 Å². The maximum Gasteiger partial charge on any atom is 0.234 e. The zero-order valence-electron chi connectivity index (χ0n) is 14.2. The molecular formula is C17H29N3O2S. The van der Waals surface area contributed by atoms with Crippen LogP contribution in [0.2, 0.25) is 0 Å². The van der Waals surface area contributed by atoms with Crippen molar-refractivity contribution < 1.29 is 9.90 Å². The number of aliphatic hydroxyl groups is 1. The molecule has 1 aliphatic heterocycles. The number of carbonyl (C=O) groups is 1. The van der Waals surface area contributed by atoms with Crippen LogP contribution in [0.25, 0.3) is 0 Å². The smallest absolute Gasteiger partial charge is 0.234 e. The van der Waals surface area contributed by atoms with E-state index in [4.69, 9.17) is 0 Å². The minimum Gasteiger partial charge on any atom is -0.392 e. The Labute approximate surface area is 143 Å². The predicted molar refractivity (Wildman–Crippen MR) is 94.8 cm³/mol. The maximum atomic E-state index is 12.1. The standard InChI is InChI=1S/C17H29N3O2S/c1-3-16-11-19(7-8-20(16)10-14(2)21)12-17(22)18-6-4-15-5-9-23-13-15/h5,9,13-14,16,21H,3-4,6-8,10-12H2,1-2H3,(H,18,22). The molecule has 23 heavy (non-hydrogen) atoms.